The second kappa shape index (κ2) is 25.6. The Bertz CT molecular complexity index is 1210. The summed E-state index contributed by atoms with van der Waals surface area (Å²) in [6, 6.07) is 23.6. The molecule has 0 radical (unpaired) electrons. The third-order valence-electron chi connectivity index (χ3n) is 5.64. The number of hydrogen-bond donors (Lipinski definition) is 6. The molecule has 44 heavy (non-hydrogen) atoms. The molecule has 0 fully saturated rings. The molecule has 9 N–H and O–H groups in total. The minimum absolute atomic E-state index is 0.00588. The number of nitrogens with one attached hydrogen (secondary N) is 1. The zero-order chi connectivity index (χ0) is 33.2. The van der Waals surface area contributed by atoms with E-state index in [1.54, 1.807) is 36.4 Å². The first-order chi connectivity index (χ1) is 21.1. The van der Waals surface area contributed by atoms with Crippen molar-refractivity contribution in [1.29, 1.82) is 0 Å². The van der Waals surface area contributed by atoms with Crippen molar-refractivity contribution in [2.75, 3.05) is 18.4 Å². The number of aldehydes is 1. The Labute approximate surface area is 268 Å². The largest absolute Gasteiger partial charge is 0.481 e. The Hall–Kier alpha value is -3.90. The number of aliphatic carboxylic acids is 2. The number of carboxylic acids is 2. The summed E-state index contributed by atoms with van der Waals surface area (Å²) < 4.78 is 0.964. The van der Waals surface area contributed by atoms with Crippen LogP contribution in [0.3, 0.4) is 0 Å². The lowest BCUT2D eigenvalue weighted by Crippen LogP contribution is -2.29. The number of rotatable bonds is 13. The summed E-state index contributed by atoms with van der Waals surface area (Å²) in [5.41, 5.74) is 19.3. The second-order valence-electron chi connectivity index (χ2n) is 9.49. The van der Waals surface area contributed by atoms with E-state index < -0.39 is 18.0 Å². The van der Waals surface area contributed by atoms with Gasteiger partial charge in [0, 0.05) is 22.1 Å². The van der Waals surface area contributed by atoms with Crippen molar-refractivity contribution in [3.63, 3.8) is 0 Å². The Morgan fingerprint density at radius 2 is 1.48 bits per heavy atom. The first kappa shape index (κ1) is 40.1. The molecule has 3 aromatic rings. The molecule has 1 unspecified atom stereocenters. The predicted octanol–water partition coefficient (Wildman–Crippen LogP) is 5.03. The van der Waals surface area contributed by atoms with Gasteiger partial charge in [-0.3, -0.25) is 19.2 Å². The number of benzene rings is 3. The van der Waals surface area contributed by atoms with Crippen molar-refractivity contribution in [2.24, 2.45) is 17.2 Å². The lowest BCUT2D eigenvalue weighted by atomic mass is 10.1. The van der Waals surface area contributed by atoms with Crippen molar-refractivity contribution >= 4 is 45.7 Å². The van der Waals surface area contributed by atoms with Crippen molar-refractivity contribution in [3.05, 3.63) is 100 Å². The van der Waals surface area contributed by atoms with Gasteiger partial charge in [0.05, 0.1) is 6.42 Å². The van der Waals surface area contributed by atoms with Crippen LogP contribution in [0.25, 0.3) is 0 Å². The summed E-state index contributed by atoms with van der Waals surface area (Å²) >= 11 is 3.26. The van der Waals surface area contributed by atoms with Gasteiger partial charge < -0.3 is 32.7 Å². The molecule has 3 aromatic carbocycles. The van der Waals surface area contributed by atoms with Crippen LogP contribution in [0.4, 0.5) is 5.69 Å². The highest BCUT2D eigenvalue weighted by atomic mass is 79.9. The van der Waals surface area contributed by atoms with Crippen molar-refractivity contribution < 1.29 is 29.4 Å². The number of anilines is 1. The van der Waals surface area contributed by atoms with Crippen molar-refractivity contribution in [2.45, 2.75) is 57.9 Å². The van der Waals surface area contributed by atoms with E-state index >= 15 is 0 Å². The summed E-state index contributed by atoms with van der Waals surface area (Å²) in [5.74, 6) is -1.73. The van der Waals surface area contributed by atoms with E-state index in [1.165, 1.54) is 5.56 Å². The number of nitrogens with two attached hydrogens (primary N) is 3. The monoisotopic (exact) mass is 672 g/mol. The standard InChI is InChI=1S/C11H13NO2.C8H7BrO2.C8H11N.C6H14N2O2/c1-2-3-11(14)12-10-6-4-9(8-13)5-7-10;9-7-3-1-6(2-4-7)5-8(10)11;9-7-6-8-4-2-1-3-5-8;7-4-2-1-3-5(8)6(9)10/h4-8H,2-3H2,1H3,(H,12,14);1-4H,5H2,(H,10,11);1-5H,6-7,9H2;5H,1-4,7-8H2,(H,9,10). The molecular weight excluding hydrogens is 628 g/mol. The van der Waals surface area contributed by atoms with Gasteiger partial charge in [-0.05, 0) is 86.3 Å². The number of carbonyl (C=O) groups is 4. The fourth-order valence-corrected chi connectivity index (χ4v) is 3.58. The quantitative estimate of drug-likeness (QED) is 0.106. The molecule has 240 valence electrons. The van der Waals surface area contributed by atoms with Gasteiger partial charge in [0.25, 0.3) is 0 Å². The number of halogens is 1. The average Bonchev–Trinajstić information content (AvgIpc) is 3.00. The van der Waals surface area contributed by atoms with E-state index in [0.717, 1.165) is 54.2 Å². The first-order valence-corrected chi connectivity index (χ1v) is 15.1. The smallest absolute Gasteiger partial charge is 0.320 e. The lowest BCUT2D eigenvalue weighted by Gasteiger charge is -2.03. The zero-order valence-electron chi connectivity index (χ0n) is 25.2. The van der Waals surface area contributed by atoms with Gasteiger partial charge in [0.1, 0.15) is 12.3 Å². The molecule has 0 saturated carbocycles. The van der Waals surface area contributed by atoms with Gasteiger partial charge in [0.15, 0.2) is 0 Å². The summed E-state index contributed by atoms with van der Waals surface area (Å²) in [4.78, 5) is 41.9. The highest BCUT2D eigenvalue weighted by Crippen LogP contribution is 2.11. The predicted molar refractivity (Wildman–Crippen MR) is 179 cm³/mol. The molecule has 0 aliphatic carbocycles. The van der Waals surface area contributed by atoms with E-state index in [0.29, 0.717) is 24.9 Å². The number of hydrogen-bond acceptors (Lipinski definition) is 7. The fourth-order valence-electron chi connectivity index (χ4n) is 3.32. The number of carboxylic acid groups (broad SMARTS) is 2. The minimum atomic E-state index is -0.933. The van der Waals surface area contributed by atoms with Crippen LogP contribution in [-0.2, 0) is 27.2 Å². The summed E-state index contributed by atoms with van der Waals surface area (Å²) in [6.45, 7) is 3.30. The average molecular weight is 674 g/mol. The van der Waals surface area contributed by atoms with Gasteiger partial charge in [-0.2, -0.15) is 0 Å². The van der Waals surface area contributed by atoms with Crippen molar-refractivity contribution in [3.8, 4) is 0 Å². The Morgan fingerprint density at radius 3 is 1.95 bits per heavy atom. The maximum atomic E-state index is 11.2. The summed E-state index contributed by atoms with van der Waals surface area (Å²) in [7, 11) is 0. The van der Waals surface area contributed by atoms with E-state index in [2.05, 4.69) is 33.4 Å². The number of carbonyl (C=O) groups excluding carboxylic acids is 2. The number of unbranched alkanes of at least 4 members (excludes halogenated alkanes) is 1. The molecule has 0 aromatic heterocycles. The van der Waals surface area contributed by atoms with E-state index in [9.17, 15) is 19.2 Å². The van der Waals surface area contributed by atoms with Crippen LogP contribution in [0, 0.1) is 0 Å². The van der Waals surface area contributed by atoms with Gasteiger partial charge in [0.2, 0.25) is 5.91 Å². The molecule has 1 amide bonds. The third-order valence-corrected chi connectivity index (χ3v) is 6.17. The maximum Gasteiger partial charge on any atom is 0.320 e. The summed E-state index contributed by atoms with van der Waals surface area (Å²) in [6.07, 6.45) is 5.37. The van der Waals surface area contributed by atoms with Crippen LogP contribution < -0.4 is 22.5 Å². The van der Waals surface area contributed by atoms with Gasteiger partial charge in [-0.15, -0.1) is 0 Å². The van der Waals surface area contributed by atoms with Crippen LogP contribution in [0.15, 0.2) is 83.3 Å². The van der Waals surface area contributed by atoms with Crippen molar-refractivity contribution in [1.82, 2.24) is 0 Å². The lowest BCUT2D eigenvalue weighted by molar-refractivity contribution is -0.139. The highest BCUT2D eigenvalue weighted by Gasteiger charge is 2.09. The Balaban J connectivity index is 0.000000568. The molecule has 10 nitrogen and oxygen atoms in total. The number of amides is 1. The molecule has 0 heterocycles. The molecule has 0 aliphatic heterocycles. The van der Waals surface area contributed by atoms with Crippen LogP contribution in [-0.4, -0.2) is 53.5 Å². The van der Waals surface area contributed by atoms with Crippen LogP contribution >= 0.6 is 15.9 Å². The van der Waals surface area contributed by atoms with Gasteiger partial charge in [-0.25, -0.2) is 0 Å². The van der Waals surface area contributed by atoms with Crippen LogP contribution in [0.1, 0.15) is 60.5 Å². The minimum Gasteiger partial charge on any atom is -0.481 e. The fraction of sp³-hybridized carbons (Fsp3) is 0.333. The molecule has 3 rings (SSSR count). The van der Waals surface area contributed by atoms with E-state index in [-0.39, 0.29) is 12.3 Å². The molecule has 1 atom stereocenters. The Kier molecular flexibility index (Phi) is 23.3. The Morgan fingerprint density at radius 1 is 0.864 bits per heavy atom. The third kappa shape index (κ3) is 21.8. The maximum absolute atomic E-state index is 11.2. The topological polar surface area (TPSA) is 199 Å². The molecule has 11 heteroatoms. The SMILES string of the molecule is CCCC(=O)Nc1ccc(C=O)cc1.NCCCCC(N)C(=O)O.NCCc1ccccc1.O=C(O)Cc1ccc(Br)cc1. The molecule has 0 aliphatic rings. The molecule has 0 bridgehead atoms. The summed E-state index contributed by atoms with van der Waals surface area (Å²) in [5, 5.41) is 19.5. The zero-order valence-corrected chi connectivity index (χ0v) is 26.7. The molecular formula is C33H45BrN4O6. The van der Waals surface area contributed by atoms with E-state index in [4.69, 9.17) is 27.4 Å². The second-order valence-corrected chi connectivity index (χ2v) is 10.4. The molecule has 0 saturated heterocycles. The van der Waals surface area contributed by atoms with Crippen LogP contribution in [0.5, 0.6) is 0 Å². The highest BCUT2D eigenvalue weighted by molar-refractivity contribution is 9.10. The van der Waals surface area contributed by atoms with Gasteiger partial charge in [-0.1, -0.05) is 71.7 Å². The first-order valence-electron chi connectivity index (χ1n) is 14.3. The normalized spacial score (nSPS) is 10.3. The van der Waals surface area contributed by atoms with Gasteiger partial charge >= 0.3 is 11.9 Å². The molecule has 0 spiro atoms. The van der Waals surface area contributed by atoms with E-state index in [1.807, 2.05) is 37.3 Å². The van der Waals surface area contributed by atoms with Crippen LogP contribution in [0.2, 0.25) is 0 Å².